The summed E-state index contributed by atoms with van der Waals surface area (Å²) in [5, 5.41) is 4.56. The Morgan fingerprint density at radius 3 is 2.82 bits per heavy atom. The van der Waals surface area contributed by atoms with Gasteiger partial charge in [0.25, 0.3) is 0 Å². The van der Waals surface area contributed by atoms with E-state index in [0.29, 0.717) is 0 Å². The second-order valence-corrected chi connectivity index (χ2v) is 6.37. The number of halogens is 1. The molecule has 22 heavy (non-hydrogen) atoms. The number of hydrogen-bond donors (Lipinski definition) is 1. The number of aliphatic imine (C=N–C) groups is 1. The van der Waals surface area contributed by atoms with Gasteiger partial charge in [0.15, 0.2) is 5.96 Å². The second kappa shape index (κ2) is 9.14. The third-order valence-corrected chi connectivity index (χ3v) is 4.29. The van der Waals surface area contributed by atoms with Crippen molar-refractivity contribution in [1.82, 2.24) is 19.8 Å². The van der Waals surface area contributed by atoms with Crippen LogP contribution in [-0.4, -0.2) is 41.1 Å². The van der Waals surface area contributed by atoms with Crippen molar-refractivity contribution in [1.29, 1.82) is 0 Å². The number of hydrogen-bond acceptors (Lipinski definition) is 3. The van der Waals surface area contributed by atoms with Crippen LogP contribution in [0.15, 0.2) is 29.5 Å². The van der Waals surface area contributed by atoms with E-state index in [1.807, 2.05) is 13.2 Å². The van der Waals surface area contributed by atoms with Gasteiger partial charge < -0.3 is 14.8 Å². The van der Waals surface area contributed by atoms with Crippen LogP contribution in [0.4, 0.5) is 0 Å². The van der Waals surface area contributed by atoms with E-state index in [2.05, 4.69) is 64.1 Å². The highest BCUT2D eigenvalue weighted by atomic mass is 127. The summed E-state index contributed by atoms with van der Waals surface area (Å²) in [4.78, 5) is 12.1. The number of aromatic nitrogens is 2. The minimum Gasteiger partial charge on any atom is -0.356 e. The lowest BCUT2D eigenvalue weighted by Gasteiger charge is -2.22. The molecule has 0 spiro atoms. The molecule has 5 nitrogen and oxygen atoms in total. The second-order valence-electron chi connectivity index (χ2n) is 5.06. The van der Waals surface area contributed by atoms with Gasteiger partial charge in [-0.15, -0.1) is 35.3 Å². The number of thiazole rings is 1. The van der Waals surface area contributed by atoms with Crippen LogP contribution in [0.1, 0.15) is 15.6 Å². The number of aryl methyl sites for hydroxylation is 2. The first kappa shape index (κ1) is 19.0. The van der Waals surface area contributed by atoms with Gasteiger partial charge in [-0.25, -0.2) is 4.98 Å². The molecule has 0 fully saturated rings. The smallest absolute Gasteiger partial charge is 0.193 e. The zero-order valence-corrected chi connectivity index (χ0v) is 16.7. The van der Waals surface area contributed by atoms with Crippen LogP contribution in [-0.2, 0) is 20.0 Å². The Labute approximate surface area is 153 Å². The van der Waals surface area contributed by atoms with Crippen LogP contribution in [0.5, 0.6) is 0 Å². The summed E-state index contributed by atoms with van der Waals surface area (Å²) in [5.41, 5.74) is 1.26. The van der Waals surface area contributed by atoms with Gasteiger partial charge in [-0.3, -0.25) is 4.99 Å². The fourth-order valence-corrected chi connectivity index (χ4v) is 2.95. The molecule has 0 aliphatic carbocycles. The highest BCUT2D eigenvalue weighted by Crippen LogP contribution is 2.11. The highest BCUT2D eigenvalue weighted by molar-refractivity contribution is 14.0. The molecule has 0 saturated carbocycles. The largest absolute Gasteiger partial charge is 0.356 e. The molecule has 2 aromatic heterocycles. The van der Waals surface area contributed by atoms with Crippen molar-refractivity contribution in [3.63, 3.8) is 0 Å². The molecule has 0 aliphatic rings. The molecule has 122 valence electrons. The molecule has 0 unspecified atom stereocenters. The van der Waals surface area contributed by atoms with Crippen LogP contribution in [0.2, 0.25) is 0 Å². The molecule has 0 bridgehead atoms. The van der Waals surface area contributed by atoms with Crippen molar-refractivity contribution < 1.29 is 0 Å². The van der Waals surface area contributed by atoms with E-state index in [0.717, 1.165) is 25.5 Å². The van der Waals surface area contributed by atoms with Crippen molar-refractivity contribution >= 4 is 41.3 Å². The number of rotatable bonds is 5. The average molecular weight is 433 g/mol. The van der Waals surface area contributed by atoms with Crippen LogP contribution < -0.4 is 5.32 Å². The van der Waals surface area contributed by atoms with Gasteiger partial charge in [-0.2, -0.15) is 0 Å². The van der Waals surface area contributed by atoms with Gasteiger partial charge in [0, 0.05) is 57.1 Å². The van der Waals surface area contributed by atoms with Gasteiger partial charge in [0.05, 0.1) is 11.6 Å². The molecule has 2 heterocycles. The zero-order chi connectivity index (χ0) is 15.2. The van der Waals surface area contributed by atoms with E-state index >= 15 is 0 Å². The Hall–Kier alpha value is -1.09. The third-order valence-electron chi connectivity index (χ3n) is 3.31. The maximum Gasteiger partial charge on any atom is 0.193 e. The van der Waals surface area contributed by atoms with Crippen molar-refractivity contribution in [2.75, 3.05) is 20.6 Å². The third kappa shape index (κ3) is 5.28. The SMILES string of the molecule is CN=C(NCCc1ncc(C)s1)N(C)Cc1cccn1C.I. The van der Waals surface area contributed by atoms with E-state index in [1.54, 1.807) is 11.3 Å². The number of nitrogens with one attached hydrogen (secondary N) is 1. The maximum atomic E-state index is 4.38. The molecule has 0 saturated heterocycles. The molecule has 0 atom stereocenters. The quantitative estimate of drug-likeness (QED) is 0.448. The summed E-state index contributed by atoms with van der Waals surface area (Å²) >= 11 is 1.75. The standard InChI is InChI=1S/C15H23N5S.HI/c1-12-10-18-14(21-12)7-8-17-15(16-2)20(4)11-13-6-5-9-19(13)3;/h5-6,9-10H,7-8,11H2,1-4H3,(H,16,17);1H. The summed E-state index contributed by atoms with van der Waals surface area (Å²) in [6.07, 6.45) is 4.91. The lowest BCUT2D eigenvalue weighted by molar-refractivity contribution is 0.462. The van der Waals surface area contributed by atoms with Crippen molar-refractivity contribution in [3.8, 4) is 0 Å². The lowest BCUT2D eigenvalue weighted by Crippen LogP contribution is -2.39. The number of guanidine groups is 1. The van der Waals surface area contributed by atoms with Gasteiger partial charge in [-0.1, -0.05) is 0 Å². The van der Waals surface area contributed by atoms with Crippen molar-refractivity contribution in [2.45, 2.75) is 19.9 Å². The van der Waals surface area contributed by atoms with Crippen LogP contribution in [0.25, 0.3) is 0 Å². The first-order valence-electron chi connectivity index (χ1n) is 7.03. The predicted octanol–water partition coefficient (Wildman–Crippen LogP) is 2.66. The summed E-state index contributed by atoms with van der Waals surface area (Å²) in [6.45, 7) is 3.76. The van der Waals surface area contributed by atoms with E-state index in [-0.39, 0.29) is 24.0 Å². The van der Waals surface area contributed by atoms with E-state index in [9.17, 15) is 0 Å². The van der Waals surface area contributed by atoms with Crippen LogP contribution in [0, 0.1) is 6.92 Å². The minimum atomic E-state index is 0. The molecule has 0 radical (unpaired) electrons. The van der Waals surface area contributed by atoms with Gasteiger partial charge in [0.1, 0.15) is 0 Å². The Bertz CT molecular complexity index is 605. The van der Waals surface area contributed by atoms with Gasteiger partial charge in [0.2, 0.25) is 0 Å². The summed E-state index contributed by atoms with van der Waals surface area (Å²) < 4.78 is 2.13. The van der Waals surface area contributed by atoms with Crippen molar-refractivity contribution in [3.05, 3.63) is 40.1 Å². The lowest BCUT2D eigenvalue weighted by atomic mass is 10.4. The Kier molecular flexibility index (Phi) is 7.88. The molecule has 2 aromatic rings. The van der Waals surface area contributed by atoms with Crippen molar-refractivity contribution in [2.24, 2.45) is 12.0 Å². The van der Waals surface area contributed by atoms with E-state index < -0.39 is 0 Å². The van der Waals surface area contributed by atoms with Crippen LogP contribution in [0.3, 0.4) is 0 Å². The average Bonchev–Trinajstić information content (AvgIpc) is 3.04. The molecule has 2 rings (SSSR count). The monoisotopic (exact) mass is 433 g/mol. The predicted molar refractivity (Wildman–Crippen MR) is 104 cm³/mol. The van der Waals surface area contributed by atoms with E-state index in [1.165, 1.54) is 15.6 Å². The normalized spacial score (nSPS) is 11.2. The number of nitrogens with zero attached hydrogens (tertiary/aromatic N) is 4. The summed E-state index contributed by atoms with van der Waals surface area (Å²) in [5.74, 6) is 0.907. The molecule has 7 heteroatoms. The Morgan fingerprint density at radius 1 is 1.50 bits per heavy atom. The fraction of sp³-hybridized carbons (Fsp3) is 0.467. The first-order chi connectivity index (χ1) is 10.1. The molecular formula is C15H24IN5S. The summed E-state index contributed by atoms with van der Waals surface area (Å²) in [6, 6.07) is 4.19. The Morgan fingerprint density at radius 2 is 2.27 bits per heavy atom. The first-order valence-corrected chi connectivity index (χ1v) is 7.85. The molecule has 0 aliphatic heterocycles. The summed E-state index contributed by atoms with van der Waals surface area (Å²) in [7, 11) is 5.93. The van der Waals surface area contributed by atoms with Crippen LogP contribution >= 0.6 is 35.3 Å². The molecular weight excluding hydrogens is 409 g/mol. The molecule has 1 N–H and O–H groups in total. The minimum absolute atomic E-state index is 0. The van der Waals surface area contributed by atoms with E-state index in [4.69, 9.17) is 0 Å². The zero-order valence-electron chi connectivity index (χ0n) is 13.5. The Balaban J connectivity index is 0.00000242. The van der Waals surface area contributed by atoms with Gasteiger partial charge >= 0.3 is 0 Å². The van der Waals surface area contributed by atoms with Gasteiger partial charge in [-0.05, 0) is 19.1 Å². The maximum absolute atomic E-state index is 4.38. The topological polar surface area (TPSA) is 45.5 Å². The molecule has 0 aromatic carbocycles. The highest BCUT2D eigenvalue weighted by Gasteiger charge is 2.08. The fourth-order valence-electron chi connectivity index (χ4n) is 2.16. The molecule has 0 amide bonds.